The van der Waals surface area contributed by atoms with Gasteiger partial charge in [-0.3, -0.25) is 9.69 Å². The highest BCUT2D eigenvalue weighted by Crippen LogP contribution is 2.42. The fourth-order valence-corrected chi connectivity index (χ4v) is 4.44. The van der Waals surface area contributed by atoms with Gasteiger partial charge in [0.1, 0.15) is 11.2 Å². The Bertz CT molecular complexity index is 1040. The normalized spacial score (nSPS) is 15.8. The van der Waals surface area contributed by atoms with Crippen molar-refractivity contribution in [2.75, 3.05) is 16.0 Å². The van der Waals surface area contributed by atoms with Crippen LogP contribution in [0.15, 0.2) is 78.9 Å². The molecule has 30 heavy (non-hydrogen) atoms. The molecule has 1 aliphatic heterocycles. The predicted molar refractivity (Wildman–Crippen MR) is 118 cm³/mol. The van der Waals surface area contributed by atoms with Crippen molar-refractivity contribution in [3.05, 3.63) is 95.8 Å². The zero-order chi connectivity index (χ0) is 20.9. The highest BCUT2D eigenvalue weighted by atomic mass is 32.2. The lowest BCUT2D eigenvalue weighted by Crippen LogP contribution is -2.29. The van der Waals surface area contributed by atoms with Gasteiger partial charge in [0.15, 0.2) is 0 Å². The Balaban J connectivity index is 1.46. The van der Waals surface area contributed by atoms with Gasteiger partial charge in [-0.1, -0.05) is 42.5 Å². The maximum absolute atomic E-state index is 13.3. The fourth-order valence-electron chi connectivity index (χ4n) is 3.27. The summed E-state index contributed by atoms with van der Waals surface area (Å²) in [6.07, 6.45) is 0. The standard InChI is InChI=1S/C23H20FN3O2S/c24-18-9-11-20(12-10-18)27-21(28)15-30-22(27)17-7-4-8-19(13-17)26-23(29)25-14-16-5-2-1-3-6-16/h1-13,22H,14-15H2,(H2,25,26,29). The number of halogens is 1. The summed E-state index contributed by atoms with van der Waals surface area (Å²) < 4.78 is 13.3. The fraction of sp³-hybridized carbons (Fsp3) is 0.130. The predicted octanol–water partition coefficient (Wildman–Crippen LogP) is 4.93. The van der Waals surface area contributed by atoms with E-state index in [4.69, 9.17) is 0 Å². The van der Waals surface area contributed by atoms with Crippen molar-refractivity contribution < 1.29 is 14.0 Å². The summed E-state index contributed by atoms with van der Waals surface area (Å²) in [5.41, 5.74) is 3.18. The summed E-state index contributed by atoms with van der Waals surface area (Å²) in [7, 11) is 0. The van der Waals surface area contributed by atoms with E-state index in [1.54, 1.807) is 23.1 Å². The highest BCUT2D eigenvalue weighted by Gasteiger charge is 2.34. The Morgan fingerprint density at radius 1 is 1.03 bits per heavy atom. The molecule has 1 unspecified atom stereocenters. The van der Waals surface area contributed by atoms with E-state index in [9.17, 15) is 14.0 Å². The molecule has 0 aromatic heterocycles. The van der Waals surface area contributed by atoms with Gasteiger partial charge >= 0.3 is 6.03 Å². The molecule has 0 aliphatic carbocycles. The molecular formula is C23H20FN3O2S. The Morgan fingerprint density at radius 2 is 1.80 bits per heavy atom. The lowest BCUT2D eigenvalue weighted by Gasteiger charge is -2.24. The van der Waals surface area contributed by atoms with Gasteiger partial charge in [-0.05, 0) is 47.5 Å². The van der Waals surface area contributed by atoms with Crippen LogP contribution in [-0.4, -0.2) is 17.7 Å². The minimum Gasteiger partial charge on any atom is -0.334 e. The topological polar surface area (TPSA) is 61.4 Å². The van der Waals surface area contributed by atoms with Crippen molar-refractivity contribution in [1.82, 2.24) is 5.32 Å². The third-order valence-electron chi connectivity index (χ3n) is 4.70. The summed E-state index contributed by atoms with van der Waals surface area (Å²) in [6.45, 7) is 0.428. The van der Waals surface area contributed by atoms with E-state index in [0.29, 0.717) is 23.7 Å². The molecule has 0 radical (unpaired) electrons. The maximum atomic E-state index is 13.3. The number of rotatable bonds is 5. The molecule has 3 amide bonds. The molecule has 1 atom stereocenters. The highest BCUT2D eigenvalue weighted by molar-refractivity contribution is 8.00. The summed E-state index contributed by atoms with van der Waals surface area (Å²) in [5.74, 6) is -0.0325. The summed E-state index contributed by atoms with van der Waals surface area (Å²) in [4.78, 5) is 26.4. The van der Waals surface area contributed by atoms with Gasteiger partial charge < -0.3 is 10.6 Å². The van der Waals surface area contributed by atoms with Gasteiger partial charge in [0.2, 0.25) is 5.91 Å². The summed E-state index contributed by atoms with van der Waals surface area (Å²) >= 11 is 1.50. The Hall–Kier alpha value is -3.32. The first kappa shape index (κ1) is 20.0. The number of benzene rings is 3. The lowest BCUT2D eigenvalue weighted by atomic mass is 10.1. The SMILES string of the molecule is O=C(NCc1ccccc1)Nc1cccc(C2SCC(=O)N2c2ccc(F)cc2)c1. The average Bonchev–Trinajstić information content (AvgIpc) is 3.15. The maximum Gasteiger partial charge on any atom is 0.319 e. The van der Waals surface area contributed by atoms with Crippen LogP contribution in [-0.2, 0) is 11.3 Å². The van der Waals surface area contributed by atoms with Gasteiger partial charge in [-0.25, -0.2) is 9.18 Å². The molecule has 0 bridgehead atoms. The lowest BCUT2D eigenvalue weighted by molar-refractivity contribution is -0.115. The molecule has 7 heteroatoms. The van der Waals surface area contributed by atoms with Gasteiger partial charge in [0, 0.05) is 17.9 Å². The van der Waals surface area contributed by atoms with Crippen molar-refractivity contribution in [2.45, 2.75) is 11.9 Å². The monoisotopic (exact) mass is 421 g/mol. The number of carbonyl (C=O) groups is 2. The van der Waals surface area contributed by atoms with Crippen LogP contribution < -0.4 is 15.5 Å². The molecule has 4 rings (SSSR count). The van der Waals surface area contributed by atoms with Crippen LogP contribution in [0.3, 0.4) is 0 Å². The largest absolute Gasteiger partial charge is 0.334 e. The number of urea groups is 1. The van der Waals surface area contributed by atoms with E-state index in [-0.39, 0.29) is 23.1 Å². The van der Waals surface area contributed by atoms with Crippen LogP contribution in [0.1, 0.15) is 16.5 Å². The average molecular weight is 421 g/mol. The number of carbonyl (C=O) groups excluding carboxylic acids is 2. The molecule has 0 spiro atoms. The van der Waals surface area contributed by atoms with Crippen LogP contribution >= 0.6 is 11.8 Å². The van der Waals surface area contributed by atoms with E-state index in [1.807, 2.05) is 48.5 Å². The van der Waals surface area contributed by atoms with Crippen molar-refractivity contribution in [3.8, 4) is 0 Å². The number of thioether (sulfide) groups is 1. The first-order chi connectivity index (χ1) is 14.6. The summed E-state index contributed by atoms with van der Waals surface area (Å²) in [5, 5.41) is 5.43. The number of nitrogens with one attached hydrogen (secondary N) is 2. The Labute approximate surface area is 178 Å². The van der Waals surface area contributed by atoms with E-state index < -0.39 is 0 Å². The van der Waals surface area contributed by atoms with Crippen molar-refractivity contribution in [1.29, 1.82) is 0 Å². The van der Waals surface area contributed by atoms with Gasteiger partial charge in [-0.2, -0.15) is 0 Å². The minimum atomic E-state index is -0.345. The van der Waals surface area contributed by atoms with E-state index in [1.165, 1.54) is 23.9 Å². The molecule has 2 N–H and O–H groups in total. The number of nitrogens with zero attached hydrogens (tertiary/aromatic N) is 1. The first-order valence-electron chi connectivity index (χ1n) is 9.48. The van der Waals surface area contributed by atoms with Gasteiger partial charge in [0.05, 0.1) is 5.75 Å². The van der Waals surface area contributed by atoms with E-state index in [0.717, 1.165) is 11.1 Å². The molecule has 5 nitrogen and oxygen atoms in total. The zero-order valence-electron chi connectivity index (χ0n) is 16.0. The van der Waals surface area contributed by atoms with Crippen molar-refractivity contribution in [3.63, 3.8) is 0 Å². The molecule has 3 aromatic carbocycles. The second kappa shape index (κ2) is 9.00. The second-order valence-electron chi connectivity index (χ2n) is 6.82. The van der Waals surface area contributed by atoms with Crippen molar-refractivity contribution in [2.24, 2.45) is 0 Å². The first-order valence-corrected chi connectivity index (χ1v) is 10.5. The Morgan fingerprint density at radius 3 is 2.57 bits per heavy atom. The van der Waals surface area contributed by atoms with Crippen LogP contribution in [0.5, 0.6) is 0 Å². The van der Waals surface area contributed by atoms with Gasteiger partial charge in [-0.15, -0.1) is 11.8 Å². The molecular weight excluding hydrogens is 401 g/mol. The molecule has 3 aromatic rings. The van der Waals surface area contributed by atoms with Crippen molar-refractivity contribution >= 4 is 35.1 Å². The Kier molecular flexibility index (Phi) is 5.99. The molecule has 1 aliphatic rings. The third-order valence-corrected chi connectivity index (χ3v) is 5.91. The second-order valence-corrected chi connectivity index (χ2v) is 7.89. The van der Waals surface area contributed by atoms with E-state index >= 15 is 0 Å². The quantitative estimate of drug-likeness (QED) is 0.614. The van der Waals surface area contributed by atoms with Gasteiger partial charge in [0.25, 0.3) is 0 Å². The van der Waals surface area contributed by atoms with Crippen LogP contribution in [0.4, 0.5) is 20.6 Å². The number of anilines is 2. The van der Waals surface area contributed by atoms with Crippen LogP contribution in [0.2, 0.25) is 0 Å². The minimum absolute atomic E-state index is 0.0319. The smallest absolute Gasteiger partial charge is 0.319 e. The zero-order valence-corrected chi connectivity index (χ0v) is 16.9. The third kappa shape index (κ3) is 4.63. The number of amides is 3. The van der Waals surface area contributed by atoms with Crippen LogP contribution in [0, 0.1) is 5.82 Å². The van der Waals surface area contributed by atoms with Crippen LogP contribution in [0.25, 0.3) is 0 Å². The molecule has 1 fully saturated rings. The number of hydrogen-bond donors (Lipinski definition) is 2. The summed E-state index contributed by atoms with van der Waals surface area (Å²) in [6, 6.07) is 22.7. The molecule has 1 saturated heterocycles. The van der Waals surface area contributed by atoms with E-state index in [2.05, 4.69) is 10.6 Å². The number of hydrogen-bond acceptors (Lipinski definition) is 3. The molecule has 0 saturated carbocycles. The molecule has 1 heterocycles. The molecule has 152 valence electrons.